The minimum atomic E-state index is -1.49. The largest absolute Gasteiger partial charge is 4.00 e. The van der Waals surface area contributed by atoms with E-state index in [1.54, 1.807) is 32.6 Å². The Morgan fingerprint density at radius 2 is 1.08 bits per heavy atom. The summed E-state index contributed by atoms with van der Waals surface area (Å²) in [5.74, 6) is 0. The van der Waals surface area contributed by atoms with Crippen LogP contribution in [0.2, 0.25) is 13.1 Å². The predicted molar refractivity (Wildman–Crippen MR) is 94.1 cm³/mol. The summed E-state index contributed by atoms with van der Waals surface area (Å²) in [4.78, 5) is 0. The molecule has 2 aromatic carbocycles. The SMILES string of the molecule is C[Si](C)(c1cc2c([cH-]1)CCCC2)c1cc2c([cH-]1)CCCC2.[Cl-].[Cl-].[Ti+4]. The molecule has 128 valence electrons. The van der Waals surface area contributed by atoms with Crippen LogP contribution < -0.4 is 35.2 Å². The normalized spacial score (nSPS) is 16.1. The molecule has 4 rings (SSSR count). The Kier molecular flexibility index (Phi) is 8.10. The van der Waals surface area contributed by atoms with Crippen LogP contribution >= 0.6 is 0 Å². The van der Waals surface area contributed by atoms with Crippen LogP contribution in [0.5, 0.6) is 0 Å². The second kappa shape index (κ2) is 8.73. The molecule has 4 heteroatoms. The van der Waals surface area contributed by atoms with Crippen molar-refractivity contribution in [3.63, 3.8) is 0 Å². The molecule has 2 aromatic rings. The average Bonchev–Trinajstić information content (AvgIpc) is 3.11. The van der Waals surface area contributed by atoms with Crippen molar-refractivity contribution < 1.29 is 46.5 Å². The number of halogens is 2. The topological polar surface area (TPSA) is 0 Å². The standard InChI is InChI=1S/C20H26Si.2ClH.Ti/c1-21(2,19-11-15-7-3-4-8-16(15)12-19)20-13-17-9-5-6-10-18(17)14-20;;;/h11-14H,3-10H2,1-2H3;2*1H;/q-2;;;+4/p-2. The summed E-state index contributed by atoms with van der Waals surface area (Å²) in [6.07, 6.45) is 10.8. The van der Waals surface area contributed by atoms with E-state index in [1.165, 1.54) is 51.4 Å². The predicted octanol–water partition coefficient (Wildman–Crippen LogP) is -2.29. The van der Waals surface area contributed by atoms with Gasteiger partial charge in [-0.2, -0.15) is 44.8 Å². The molecule has 0 nitrogen and oxygen atoms in total. The maximum Gasteiger partial charge on any atom is 4.00 e. The van der Waals surface area contributed by atoms with Crippen molar-refractivity contribution in [3.05, 3.63) is 46.5 Å². The molecular weight excluding hydrogens is 387 g/mol. The number of aryl methyl sites for hydroxylation is 4. The van der Waals surface area contributed by atoms with Gasteiger partial charge < -0.3 is 24.8 Å². The molecule has 24 heavy (non-hydrogen) atoms. The summed E-state index contributed by atoms with van der Waals surface area (Å²) in [5, 5.41) is 3.36. The van der Waals surface area contributed by atoms with Gasteiger partial charge in [-0.25, -0.2) is 12.1 Å². The number of hydrogen-bond donors (Lipinski definition) is 0. The number of fused-ring (bicyclic) bond motifs is 2. The van der Waals surface area contributed by atoms with Crippen LogP contribution in [0.3, 0.4) is 0 Å². The zero-order chi connectivity index (χ0) is 14.4. The van der Waals surface area contributed by atoms with Gasteiger partial charge in [0, 0.05) is 0 Å². The fourth-order valence-electron chi connectivity index (χ4n) is 4.29. The zero-order valence-electron chi connectivity index (χ0n) is 14.7. The van der Waals surface area contributed by atoms with Gasteiger partial charge >= 0.3 is 21.7 Å². The molecule has 0 amide bonds. The third kappa shape index (κ3) is 3.96. The van der Waals surface area contributed by atoms with Crippen molar-refractivity contribution in [1.82, 2.24) is 0 Å². The molecule has 0 N–H and O–H groups in total. The van der Waals surface area contributed by atoms with Crippen LogP contribution in [-0.4, -0.2) is 8.07 Å². The van der Waals surface area contributed by atoms with E-state index in [2.05, 4.69) is 37.4 Å². The molecule has 0 heterocycles. The van der Waals surface area contributed by atoms with Crippen LogP contribution in [0.25, 0.3) is 0 Å². The minimum absolute atomic E-state index is 0. The van der Waals surface area contributed by atoms with Gasteiger partial charge in [-0.15, -0.1) is 0 Å². The molecule has 2 aliphatic carbocycles. The van der Waals surface area contributed by atoms with E-state index < -0.39 is 8.07 Å². The Morgan fingerprint density at radius 3 is 1.46 bits per heavy atom. The second-order valence-electron chi connectivity index (χ2n) is 7.63. The first-order valence-corrected chi connectivity index (χ1v) is 11.7. The summed E-state index contributed by atoms with van der Waals surface area (Å²) in [5.41, 5.74) is 6.64. The zero-order valence-corrected chi connectivity index (χ0v) is 18.8. The molecule has 2 aliphatic rings. The summed E-state index contributed by atoms with van der Waals surface area (Å²) in [6, 6.07) is 10.2. The third-order valence-electron chi connectivity index (χ3n) is 5.87. The summed E-state index contributed by atoms with van der Waals surface area (Å²) >= 11 is 0. The van der Waals surface area contributed by atoms with Gasteiger partial charge in [0.25, 0.3) is 0 Å². The monoisotopic (exact) mass is 412 g/mol. The first-order chi connectivity index (χ1) is 10.1. The minimum Gasteiger partial charge on any atom is -1.00 e. The van der Waals surface area contributed by atoms with Crippen LogP contribution in [0, 0.1) is 0 Å². The molecule has 0 radical (unpaired) electrons. The fourth-order valence-corrected chi connectivity index (χ4v) is 6.76. The van der Waals surface area contributed by atoms with Crippen molar-refractivity contribution in [2.75, 3.05) is 0 Å². The van der Waals surface area contributed by atoms with Gasteiger partial charge in [-0.3, -0.25) is 0 Å². The Balaban J connectivity index is 0.000000960. The maximum atomic E-state index is 2.56. The van der Waals surface area contributed by atoms with E-state index in [-0.39, 0.29) is 46.5 Å². The smallest absolute Gasteiger partial charge is 1.00 e. The van der Waals surface area contributed by atoms with Crippen LogP contribution in [-0.2, 0) is 47.4 Å². The van der Waals surface area contributed by atoms with Crippen molar-refractivity contribution in [2.24, 2.45) is 0 Å². The van der Waals surface area contributed by atoms with Gasteiger partial charge in [0.15, 0.2) is 0 Å². The Hall–Kier alpha value is 0.211. The molecule has 0 atom stereocenters. The molecular formula is C20H26Cl2SiTi. The first-order valence-electron chi connectivity index (χ1n) is 8.72. The van der Waals surface area contributed by atoms with Crippen molar-refractivity contribution in [2.45, 2.75) is 64.5 Å². The van der Waals surface area contributed by atoms with Crippen molar-refractivity contribution >= 4 is 18.4 Å². The Labute approximate surface area is 175 Å². The average molecular weight is 413 g/mol. The molecule has 0 saturated carbocycles. The van der Waals surface area contributed by atoms with Gasteiger partial charge in [0.05, 0.1) is 8.07 Å². The van der Waals surface area contributed by atoms with E-state index in [4.69, 9.17) is 0 Å². The van der Waals surface area contributed by atoms with E-state index in [0.717, 1.165) is 0 Å². The summed E-state index contributed by atoms with van der Waals surface area (Å²) in [6.45, 7) is 5.10. The molecule has 0 fully saturated rings. The number of rotatable bonds is 2. The van der Waals surface area contributed by atoms with E-state index in [0.29, 0.717) is 0 Å². The Morgan fingerprint density at radius 1 is 0.708 bits per heavy atom. The molecule has 0 aliphatic heterocycles. The summed E-state index contributed by atoms with van der Waals surface area (Å²) in [7, 11) is -1.49. The second-order valence-corrected chi connectivity index (χ2v) is 12.0. The van der Waals surface area contributed by atoms with Crippen molar-refractivity contribution in [1.29, 1.82) is 0 Å². The molecule has 0 unspecified atom stereocenters. The summed E-state index contributed by atoms with van der Waals surface area (Å²) < 4.78 is 0. The van der Waals surface area contributed by atoms with E-state index in [1.807, 2.05) is 0 Å². The fraction of sp³-hybridized carbons (Fsp3) is 0.500. The van der Waals surface area contributed by atoms with Crippen LogP contribution in [0.15, 0.2) is 24.3 Å². The van der Waals surface area contributed by atoms with Gasteiger partial charge in [-0.1, -0.05) is 64.5 Å². The molecule has 0 bridgehead atoms. The van der Waals surface area contributed by atoms with Crippen LogP contribution in [0.1, 0.15) is 47.9 Å². The molecule has 0 saturated heterocycles. The van der Waals surface area contributed by atoms with Crippen LogP contribution in [0.4, 0.5) is 0 Å². The number of hydrogen-bond acceptors (Lipinski definition) is 0. The van der Waals surface area contributed by atoms with Gasteiger partial charge in [-0.05, 0) is 0 Å². The van der Waals surface area contributed by atoms with Gasteiger partial charge in [0.1, 0.15) is 0 Å². The Bertz CT molecular complexity index is 566. The van der Waals surface area contributed by atoms with E-state index >= 15 is 0 Å². The maximum absolute atomic E-state index is 2.56. The van der Waals surface area contributed by atoms with Crippen molar-refractivity contribution in [3.8, 4) is 0 Å². The third-order valence-corrected chi connectivity index (χ3v) is 9.34. The molecule has 0 spiro atoms. The quantitative estimate of drug-likeness (QED) is 0.384. The van der Waals surface area contributed by atoms with E-state index in [9.17, 15) is 0 Å². The van der Waals surface area contributed by atoms with Gasteiger partial charge in [0.2, 0.25) is 0 Å². The first kappa shape index (κ1) is 22.3. The molecule has 0 aromatic heterocycles.